The molecule has 0 bridgehead atoms. The quantitative estimate of drug-likeness (QED) is 0.638. The monoisotopic (exact) mass is 383 g/mol. The second-order valence-corrected chi connectivity index (χ2v) is 6.31. The van der Waals surface area contributed by atoms with Crippen LogP contribution in [0.4, 0.5) is 0 Å². The SMILES string of the molecule is CNCCCNC(=O)C1CCN(C(=O)CCOc2ccccc2)CC1.Cl. The van der Waals surface area contributed by atoms with Crippen LogP contribution in [0, 0.1) is 5.92 Å². The largest absolute Gasteiger partial charge is 0.493 e. The average molecular weight is 384 g/mol. The van der Waals surface area contributed by atoms with Gasteiger partial charge in [0, 0.05) is 25.6 Å². The van der Waals surface area contributed by atoms with Crippen molar-refractivity contribution >= 4 is 24.2 Å². The van der Waals surface area contributed by atoms with E-state index in [4.69, 9.17) is 4.74 Å². The summed E-state index contributed by atoms with van der Waals surface area (Å²) >= 11 is 0. The van der Waals surface area contributed by atoms with E-state index in [1.807, 2.05) is 42.3 Å². The number of ether oxygens (including phenoxy) is 1. The number of rotatable bonds is 9. The van der Waals surface area contributed by atoms with Gasteiger partial charge in [0.05, 0.1) is 13.0 Å². The van der Waals surface area contributed by atoms with Crippen LogP contribution in [0.5, 0.6) is 5.75 Å². The van der Waals surface area contributed by atoms with Crippen molar-refractivity contribution in [2.24, 2.45) is 5.92 Å². The molecule has 2 rings (SSSR count). The van der Waals surface area contributed by atoms with Gasteiger partial charge < -0.3 is 20.3 Å². The van der Waals surface area contributed by atoms with E-state index in [1.54, 1.807) is 0 Å². The molecule has 0 radical (unpaired) electrons. The predicted octanol–water partition coefficient (Wildman–Crippen LogP) is 1.84. The normalized spacial score (nSPS) is 14.4. The number of carbonyl (C=O) groups excluding carboxylic acids is 2. The number of piperidine rings is 1. The minimum atomic E-state index is 0. The molecule has 0 spiro atoms. The fraction of sp³-hybridized carbons (Fsp3) is 0.579. The van der Waals surface area contributed by atoms with E-state index < -0.39 is 0 Å². The fourth-order valence-electron chi connectivity index (χ4n) is 2.94. The third kappa shape index (κ3) is 7.62. The molecule has 1 aliphatic rings. The van der Waals surface area contributed by atoms with E-state index in [0.29, 0.717) is 32.7 Å². The van der Waals surface area contributed by atoms with Crippen LogP contribution in [0.25, 0.3) is 0 Å². The summed E-state index contributed by atoms with van der Waals surface area (Å²) in [5.74, 6) is 1.03. The lowest BCUT2D eigenvalue weighted by atomic mass is 9.95. The number of halogens is 1. The van der Waals surface area contributed by atoms with Crippen molar-refractivity contribution in [2.45, 2.75) is 25.7 Å². The van der Waals surface area contributed by atoms with Gasteiger partial charge in [-0.2, -0.15) is 0 Å². The van der Waals surface area contributed by atoms with Crippen molar-refractivity contribution in [3.8, 4) is 5.75 Å². The van der Waals surface area contributed by atoms with Crippen LogP contribution in [0.3, 0.4) is 0 Å². The van der Waals surface area contributed by atoms with Crippen molar-refractivity contribution in [3.63, 3.8) is 0 Å². The molecular weight excluding hydrogens is 354 g/mol. The molecule has 0 aliphatic carbocycles. The van der Waals surface area contributed by atoms with Gasteiger partial charge in [-0.1, -0.05) is 18.2 Å². The molecule has 0 atom stereocenters. The summed E-state index contributed by atoms with van der Waals surface area (Å²) in [5.41, 5.74) is 0. The van der Waals surface area contributed by atoms with E-state index in [9.17, 15) is 9.59 Å². The lowest BCUT2D eigenvalue weighted by Gasteiger charge is -2.31. The maximum atomic E-state index is 12.2. The van der Waals surface area contributed by atoms with E-state index in [-0.39, 0.29) is 30.1 Å². The Kier molecular flexibility index (Phi) is 10.7. The molecule has 0 unspecified atom stereocenters. The lowest BCUT2D eigenvalue weighted by Crippen LogP contribution is -2.43. The van der Waals surface area contributed by atoms with E-state index >= 15 is 0 Å². The second-order valence-electron chi connectivity index (χ2n) is 6.31. The first kappa shape index (κ1) is 22.3. The number of carbonyl (C=O) groups is 2. The zero-order valence-electron chi connectivity index (χ0n) is 15.4. The molecule has 2 N–H and O–H groups in total. The summed E-state index contributed by atoms with van der Waals surface area (Å²) in [6, 6.07) is 9.51. The average Bonchev–Trinajstić information content (AvgIpc) is 2.66. The van der Waals surface area contributed by atoms with Crippen LogP contribution in [-0.2, 0) is 9.59 Å². The summed E-state index contributed by atoms with van der Waals surface area (Å²) in [7, 11) is 1.90. The molecule has 1 heterocycles. The standard InChI is InChI=1S/C19H29N3O3.ClH/c1-20-11-5-12-21-19(24)16-8-13-22(14-9-16)18(23)10-15-25-17-6-3-2-4-7-17;/h2-4,6-7,16,20H,5,8-15H2,1H3,(H,21,24);1H. The highest BCUT2D eigenvalue weighted by Crippen LogP contribution is 2.18. The number of nitrogens with zero attached hydrogens (tertiary/aromatic N) is 1. The number of amides is 2. The molecule has 7 heteroatoms. The first-order valence-corrected chi connectivity index (χ1v) is 9.08. The molecule has 1 aromatic rings. The van der Waals surface area contributed by atoms with Gasteiger partial charge in [-0.05, 0) is 45.0 Å². The van der Waals surface area contributed by atoms with Crippen molar-refractivity contribution in [2.75, 3.05) is 39.8 Å². The predicted molar refractivity (Wildman–Crippen MR) is 105 cm³/mol. The Balaban J connectivity index is 0.00000338. The minimum Gasteiger partial charge on any atom is -0.493 e. The molecule has 0 aromatic heterocycles. The molecule has 1 aromatic carbocycles. The first-order valence-electron chi connectivity index (χ1n) is 9.08. The van der Waals surface area contributed by atoms with Gasteiger partial charge in [-0.3, -0.25) is 9.59 Å². The Morgan fingerprint density at radius 3 is 2.50 bits per heavy atom. The minimum absolute atomic E-state index is 0. The van der Waals surface area contributed by atoms with Gasteiger partial charge in [0.25, 0.3) is 0 Å². The maximum absolute atomic E-state index is 12.2. The summed E-state index contributed by atoms with van der Waals surface area (Å²) in [6.45, 7) is 3.29. The highest BCUT2D eigenvalue weighted by Gasteiger charge is 2.26. The summed E-state index contributed by atoms with van der Waals surface area (Å²) in [5, 5.41) is 6.04. The highest BCUT2D eigenvalue weighted by molar-refractivity contribution is 5.85. The first-order chi connectivity index (χ1) is 12.2. The molecule has 26 heavy (non-hydrogen) atoms. The molecule has 6 nitrogen and oxygen atoms in total. The Hall–Kier alpha value is -1.79. The summed E-state index contributed by atoms with van der Waals surface area (Å²) in [4.78, 5) is 26.2. The Morgan fingerprint density at radius 1 is 1.15 bits per heavy atom. The third-order valence-electron chi connectivity index (χ3n) is 4.45. The number of nitrogens with one attached hydrogen (secondary N) is 2. The number of likely N-dealkylation sites (tertiary alicyclic amines) is 1. The van der Waals surface area contributed by atoms with Crippen LogP contribution < -0.4 is 15.4 Å². The molecule has 1 aliphatic heterocycles. The number of benzene rings is 1. The number of hydrogen-bond donors (Lipinski definition) is 2. The smallest absolute Gasteiger partial charge is 0.225 e. The highest BCUT2D eigenvalue weighted by atomic mass is 35.5. The van der Waals surface area contributed by atoms with Gasteiger partial charge >= 0.3 is 0 Å². The molecule has 1 saturated heterocycles. The zero-order chi connectivity index (χ0) is 17.9. The maximum Gasteiger partial charge on any atom is 0.225 e. The fourth-order valence-corrected chi connectivity index (χ4v) is 2.94. The third-order valence-corrected chi connectivity index (χ3v) is 4.45. The van der Waals surface area contributed by atoms with Gasteiger partial charge in [0.1, 0.15) is 5.75 Å². The molecule has 1 fully saturated rings. The van der Waals surface area contributed by atoms with Gasteiger partial charge in [-0.15, -0.1) is 12.4 Å². The van der Waals surface area contributed by atoms with Crippen molar-refractivity contribution in [1.82, 2.24) is 15.5 Å². The van der Waals surface area contributed by atoms with Crippen molar-refractivity contribution < 1.29 is 14.3 Å². The van der Waals surface area contributed by atoms with Crippen LogP contribution in [0.15, 0.2) is 30.3 Å². The Morgan fingerprint density at radius 2 is 1.85 bits per heavy atom. The lowest BCUT2D eigenvalue weighted by molar-refractivity contribution is -0.136. The van der Waals surface area contributed by atoms with Crippen molar-refractivity contribution in [3.05, 3.63) is 30.3 Å². The molecule has 2 amide bonds. The van der Waals surface area contributed by atoms with E-state index in [0.717, 1.165) is 31.6 Å². The van der Waals surface area contributed by atoms with Crippen LogP contribution in [0.2, 0.25) is 0 Å². The zero-order valence-corrected chi connectivity index (χ0v) is 16.2. The van der Waals surface area contributed by atoms with Gasteiger partial charge in [0.2, 0.25) is 11.8 Å². The van der Waals surface area contributed by atoms with Gasteiger partial charge in [0.15, 0.2) is 0 Å². The van der Waals surface area contributed by atoms with Crippen molar-refractivity contribution in [1.29, 1.82) is 0 Å². The molecule has 0 saturated carbocycles. The van der Waals surface area contributed by atoms with E-state index in [2.05, 4.69) is 10.6 Å². The number of para-hydroxylation sites is 1. The van der Waals surface area contributed by atoms with E-state index in [1.165, 1.54) is 0 Å². The number of hydrogen-bond acceptors (Lipinski definition) is 4. The van der Waals surface area contributed by atoms with Crippen LogP contribution in [0.1, 0.15) is 25.7 Å². The van der Waals surface area contributed by atoms with Crippen LogP contribution >= 0.6 is 12.4 Å². The topological polar surface area (TPSA) is 70.7 Å². The summed E-state index contributed by atoms with van der Waals surface area (Å²) in [6.07, 6.45) is 2.78. The Bertz CT molecular complexity index is 534. The van der Waals surface area contributed by atoms with Gasteiger partial charge in [-0.25, -0.2) is 0 Å². The summed E-state index contributed by atoms with van der Waals surface area (Å²) < 4.78 is 5.57. The Labute approximate surface area is 162 Å². The molecule has 146 valence electrons. The molecular formula is C19H30ClN3O3. The van der Waals surface area contributed by atoms with Crippen LogP contribution in [-0.4, -0.2) is 56.5 Å². The second kappa shape index (κ2) is 12.5.